The molecule has 0 aliphatic carbocycles. The molecule has 0 radical (unpaired) electrons. The molecule has 0 heterocycles. The fraction of sp³-hybridized carbons (Fsp3) is 0.438. The maximum atomic E-state index is 12.0. The van der Waals surface area contributed by atoms with Gasteiger partial charge in [-0.2, -0.15) is 0 Å². The minimum Gasteiger partial charge on any atom is -0.496 e. The highest BCUT2D eigenvalue weighted by atomic mass is 16.5. The predicted molar refractivity (Wildman–Crippen MR) is 82.1 cm³/mol. The van der Waals surface area contributed by atoms with Gasteiger partial charge in [-0.15, -0.1) is 0 Å². The summed E-state index contributed by atoms with van der Waals surface area (Å²) in [6.45, 7) is 6.33. The quantitative estimate of drug-likeness (QED) is 0.171. The number of hydrogen-bond acceptors (Lipinski definition) is 4. The first-order valence-electron chi connectivity index (χ1n) is 6.62. The average molecular weight is 279 g/mol. The Morgan fingerprint density at radius 2 is 1.85 bits per heavy atom. The molecule has 0 aromatic heterocycles. The second-order valence-electron chi connectivity index (χ2n) is 4.23. The number of likely N-dealkylation sites (N-methyl/N-ethyl adjacent to an activating group) is 1. The maximum Gasteiger partial charge on any atom is 0.341 e. The number of rotatable bonds is 8. The molecule has 4 nitrogen and oxygen atoms in total. The predicted octanol–water partition coefficient (Wildman–Crippen LogP) is 3.05. The van der Waals surface area contributed by atoms with Crippen LogP contribution in [0.15, 0.2) is 47.9 Å². The standard InChI is InChI=1S/C16H25NO3/c1-6-9-11-19-12-14(10-7-2)16(18)20-13-15(8-3)17(4)5/h6-10,12H,11,13H2,1-5H3. The Labute approximate surface area is 122 Å². The lowest BCUT2D eigenvalue weighted by molar-refractivity contribution is -0.138. The SMILES string of the molecule is CC=CCOC=C(C=CC)C(=O)OCC(=CC)N(C)C. The van der Waals surface area contributed by atoms with Crippen LogP contribution >= 0.6 is 0 Å². The average Bonchev–Trinajstić information content (AvgIpc) is 2.42. The highest BCUT2D eigenvalue weighted by molar-refractivity contribution is 5.91. The topological polar surface area (TPSA) is 38.8 Å². The molecule has 0 spiro atoms. The monoisotopic (exact) mass is 279 g/mol. The number of hydrogen-bond donors (Lipinski definition) is 0. The first kappa shape index (κ1) is 18.0. The van der Waals surface area contributed by atoms with Crippen molar-refractivity contribution in [3.8, 4) is 0 Å². The number of nitrogens with zero attached hydrogens (tertiary/aromatic N) is 1. The van der Waals surface area contributed by atoms with E-state index in [2.05, 4.69) is 0 Å². The van der Waals surface area contributed by atoms with Crippen LogP contribution in [-0.2, 0) is 14.3 Å². The van der Waals surface area contributed by atoms with Gasteiger partial charge in [0.1, 0.15) is 13.2 Å². The van der Waals surface area contributed by atoms with Gasteiger partial charge in [0.15, 0.2) is 0 Å². The lowest BCUT2D eigenvalue weighted by atomic mass is 10.3. The van der Waals surface area contributed by atoms with Crippen molar-refractivity contribution in [3.05, 3.63) is 47.9 Å². The van der Waals surface area contributed by atoms with Gasteiger partial charge in [0.05, 0.1) is 11.8 Å². The van der Waals surface area contributed by atoms with Gasteiger partial charge in [-0.25, -0.2) is 4.79 Å². The molecule has 0 N–H and O–H groups in total. The fourth-order valence-corrected chi connectivity index (χ4v) is 1.32. The summed E-state index contributed by atoms with van der Waals surface area (Å²) in [6, 6.07) is 0. The van der Waals surface area contributed by atoms with Gasteiger partial charge in [-0.1, -0.05) is 24.3 Å². The summed E-state index contributed by atoms with van der Waals surface area (Å²) in [4.78, 5) is 13.9. The number of carbonyl (C=O) groups is 1. The molecule has 20 heavy (non-hydrogen) atoms. The summed E-state index contributed by atoms with van der Waals surface area (Å²) in [5.74, 6) is -0.398. The molecule has 0 unspecified atom stereocenters. The second-order valence-corrected chi connectivity index (χ2v) is 4.23. The second kappa shape index (κ2) is 10.9. The maximum absolute atomic E-state index is 12.0. The summed E-state index contributed by atoms with van der Waals surface area (Å²) in [6.07, 6.45) is 10.5. The Kier molecular flexibility index (Phi) is 9.83. The first-order chi connectivity index (χ1) is 9.56. The molecule has 0 aliphatic heterocycles. The van der Waals surface area contributed by atoms with E-state index >= 15 is 0 Å². The highest BCUT2D eigenvalue weighted by Crippen LogP contribution is 2.05. The van der Waals surface area contributed by atoms with E-state index in [4.69, 9.17) is 9.47 Å². The first-order valence-corrected chi connectivity index (χ1v) is 6.62. The molecule has 0 aliphatic rings. The highest BCUT2D eigenvalue weighted by Gasteiger charge is 2.10. The Morgan fingerprint density at radius 1 is 1.15 bits per heavy atom. The molecular formula is C16H25NO3. The molecule has 0 saturated carbocycles. The van der Waals surface area contributed by atoms with Crippen LogP contribution in [0.2, 0.25) is 0 Å². The zero-order valence-corrected chi connectivity index (χ0v) is 13.1. The van der Waals surface area contributed by atoms with Crippen molar-refractivity contribution in [1.29, 1.82) is 0 Å². The number of esters is 1. The Balaban J connectivity index is 4.57. The summed E-state index contributed by atoms with van der Waals surface area (Å²) in [7, 11) is 3.82. The van der Waals surface area contributed by atoms with Crippen LogP contribution in [0, 0.1) is 0 Å². The van der Waals surface area contributed by atoms with Crippen molar-refractivity contribution in [1.82, 2.24) is 4.90 Å². The number of carbonyl (C=O) groups excluding carboxylic acids is 1. The van der Waals surface area contributed by atoms with E-state index in [-0.39, 0.29) is 6.61 Å². The molecule has 0 bridgehead atoms. The molecular weight excluding hydrogens is 254 g/mol. The molecule has 112 valence electrons. The summed E-state index contributed by atoms with van der Waals surface area (Å²) in [5.41, 5.74) is 1.33. The van der Waals surface area contributed by atoms with E-state index in [1.165, 1.54) is 6.26 Å². The number of allylic oxidation sites excluding steroid dienone is 3. The molecule has 0 aromatic carbocycles. The van der Waals surface area contributed by atoms with Crippen LogP contribution in [0.25, 0.3) is 0 Å². The van der Waals surface area contributed by atoms with Crippen LogP contribution in [0.5, 0.6) is 0 Å². The van der Waals surface area contributed by atoms with Gasteiger partial charge < -0.3 is 14.4 Å². The van der Waals surface area contributed by atoms with Crippen molar-refractivity contribution in [2.24, 2.45) is 0 Å². The Morgan fingerprint density at radius 3 is 2.35 bits per heavy atom. The largest absolute Gasteiger partial charge is 0.496 e. The van der Waals surface area contributed by atoms with Crippen molar-refractivity contribution in [3.63, 3.8) is 0 Å². The van der Waals surface area contributed by atoms with E-state index in [0.717, 1.165) is 5.70 Å². The molecule has 0 rings (SSSR count). The summed E-state index contributed by atoms with van der Waals surface area (Å²) >= 11 is 0. The third-order valence-corrected chi connectivity index (χ3v) is 2.48. The smallest absolute Gasteiger partial charge is 0.341 e. The lowest BCUT2D eigenvalue weighted by Gasteiger charge is -2.16. The zero-order chi connectivity index (χ0) is 15.4. The molecule has 0 fully saturated rings. The molecule has 0 aromatic rings. The van der Waals surface area contributed by atoms with E-state index in [1.807, 2.05) is 58.0 Å². The fourth-order valence-electron chi connectivity index (χ4n) is 1.32. The van der Waals surface area contributed by atoms with Crippen molar-refractivity contribution < 1.29 is 14.3 Å². The van der Waals surface area contributed by atoms with Crippen LogP contribution in [0.3, 0.4) is 0 Å². The molecule has 0 amide bonds. The normalized spacial score (nSPS) is 13.1. The van der Waals surface area contributed by atoms with Crippen molar-refractivity contribution in [2.45, 2.75) is 20.8 Å². The van der Waals surface area contributed by atoms with E-state index in [9.17, 15) is 4.79 Å². The Hall–Kier alpha value is -1.97. The van der Waals surface area contributed by atoms with Gasteiger partial charge in [-0.05, 0) is 26.8 Å². The minimum absolute atomic E-state index is 0.242. The molecule has 4 heteroatoms. The van der Waals surface area contributed by atoms with Crippen LogP contribution in [-0.4, -0.2) is 38.2 Å². The van der Waals surface area contributed by atoms with Gasteiger partial charge in [0.25, 0.3) is 0 Å². The molecule has 0 saturated heterocycles. The van der Waals surface area contributed by atoms with Gasteiger partial charge in [0.2, 0.25) is 0 Å². The lowest BCUT2D eigenvalue weighted by Crippen LogP contribution is -2.18. The zero-order valence-electron chi connectivity index (χ0n) is 13.1. The van der Waals surface area contributed by atoms with E-state index in [0.29, 0.717) is 12.2 Å². The van der Waals surface area contributed by atoms with Gasteiger partial charge in [0, 0.05) is 19.8 Å². The van der Waals surface area contributed by atoms with E-state index in [1.54, 1.807) is 12.2 Å². The van der Waals surface area contributed by atoms with E-state index < -0.39 is 5.97 Å². The number of ether oxygens (including phenoxy) is 2. The third kappa shape index (κ3) is 7.46. The third-order valence-electron chi connectivity index (χ3n) is 2.48. The van der Waals surface area contributed by atoms with Crippen LogP contribution in [0.4, 0.5) is 0 Å². The summed E-state index contributed by atoms with van der Waals surface area (Å²) in [5, 5.41) is 0. The van der Waals surface area contributed by atoms with Gasteiger partial charge in [-0.3, -0.25) is 0 Å². The molecule has 0 atom stereocenters. The van der Waals surface area contributed by atoms with Gasteiger partial charge >= 0.3 is 5.97 Å². The minimum atomic E-state index is -0.398. The Bertz CT molecular complexity index is 404. The van der Waals surface area contributed by atoms with Crippen LogP contribution < -0.4 is 0 Å². The van der Waals surface area contributed by atoms with Crippen molar-refractivity contribution >= 4 is 5.97 Å². The summed E-state index contributed by atoms with van der Waals surface area (Å²) < 4.78 is 10.5. The van der Waals surface area contributed by atoms with Crippen LogP contribution in [0.1, 0.15) is 20.8 Å². The van der Waals surface area contributed by atoms with Crippen molar-refractivity contribution in [2.75, 3.05) is 27.3 Å².